The van der Waals surface area contributed by atoms with Gasteiger partial charge in [0.25, 0.3) is 5.91 Å². The van der Waals surface area contributed by atoms with Crippen LogP contribution in [0.1, 0.15) is 46.2 Å². The molecule has 3 rings (SSSR count). The molecule has 0 bridgehead atoms. The number of amides is 1. The summed E-state index contributed by atoms with van der Waals surface area (Å²) in [7, 11) is 0. The summed E-state index contributed by atoms with van der Waals surface area (Å²) in [5.74, 6) is 0.0238. The Labute approximate surface area is 140 Å². The van der Waals surface area contributed by atoms with Gasteiger partial charge < -0.3 is 15.7 Å². The predicted molar refractivity (Wildman–Crippen MR) is 93.5 cm³/mol. The largest absolute Gasteiger partial charge is 0.399 e. The molecule has 1 saturated heterocycles. The molecule has 0 spiro atoms. The van der Waals surface area contributed by atoms with Gasteiger partial charge in [-0.3, -0.25) is 4.79 Å². The van der Waals surface area contributed by atoms with Gasteiger partial charge in [0, 0.05) is 28.7 Å². The van der Waals surface area contributed by atoms with E-state index in [1.165, 1.54) is 0 Å². The standard InChI is InChI=1S/C18H22N2O2S/c1-12-6-7-13(19)10-15(12)18(22)20-8-2-4-14(20)11-16(21)17-5-3-9-23-17/h3,5-7,9-10,14,16,21H,2,4,8,11,19H2,1H3. The van der Waals surface area contributed by atoms with Crippen LogP contribution in [0.2, 0.25) is 0 Å². The summed E-state index contributed by atoms with van der Waals surface area (Å²) in [6.45, 7) is 2.67. The monoisotopic (exact) mass is 330 g/mol. The van der Waals surface area contributed by atoms with E-state index in [-0.39, 0.29) is 11.9 Å². The lowest BCUT2D eigenvalue weighted by molar-refractivity contribution is 0.0669. The Bertz CT molecular complexity index is 684. The maximum Gasteiger partial charge on any atom is 0.254 e. The number of hydrogen-bond acceptors (Lipinski definition) is 4. The minimum absolute atomic E-state index is 0.0238. The van der Waals surface area contributed by atoms with Crippen molar-refractivity contribution in [3.63, 3.8) is 0 Å². The fourth-order valence-corrected chi connectivity index (χ4v) is 3.95. The number of benzene rings is 1. The molecule has 2 aromatic rings. The summed E-state index contributed by atoms with van der Waals surface area (Å²) in [5, 5.41) is 12.4. The SMILES string of the molecule is Cc1ccc(N)cc1C(=O)N1CCCC1CC(O)c1cccs1. The fourth-order valence-electron chi connectivity index (χ4n) is 3.23. The zero-order valence-electron chi connectivity index (χ0n) is 13.2. The second-order valence-corrected chi connectivity index (χ2v) is 7.12. The molecule has 2 heterocycles. The van der Waals surface area contributed by atoms with Crippen molar-refractivity contribution in [3.8, 4) is 0 Å². The molecule has 0 aliphatic carbocycles. The number of nitrogens with two attached hydrogens (primary N) is 1. The van der Waals surface area contributed by atoms with Gasteiger partial charge in [-0.05, 0) is 55.3 Å². The van der Waals surface area contributed by atoms with Crippen molar-refractivity contribution < 1.29 is 9.90 Å². The molecule has 1 aliphatic heterocycles. The summed E-state index contributed by atoms with van der Waals surface area (Å²) >= 11 is 1.55. The average molecular weight is 330 g/mol. The Morgan fingerprint density at radius 1 is 1.48 bits per heavy atom. The van der Waals surface area contributed by atoms with Crippen LogP contribution in [0.4, 0.5) is 5.69 Å². The lowest BCUT2D eigenvalue weighted by atomic mass is 10.0. The molecule has 1 amide bonds. The Balaban J connectivity index is 1.76. The molecule has 2 atom stereocenters. The minimum atomic E-state index is -0.504. The highest BCUT2D eigenvalue weighted by molar-refractivity contribution is 7.10. The first kappa shape index (κ1) is 16.0. The Morgan fingerprint density at radius 2 is 2.30 bits per heavy atom. The first-order chi connectivity index (χ1) is 11.1. The van der Waals surface area contributed by atoms with Gasteiger partial charge >= 0.3 is 0 Å². The fraction of sp³-hybridized carbons (Fsp3) is 0.389. The average Bonchev–Trinajstić information content (AvgIpc) is 3.20. The maximum absolute atomic E-state index is 12.9. The Hall–Kier alpha value is -1.85. The van der Waals surface area contributed by atoms with E-state index in [1.807, 2.05) is 41.5 Å². The normalized spacial score (nSPS) is 19.0. The number of carbonyl (C=O) groups is 1. The van der Waals surface area contributed by atoms with Gasteiger partial charge in [-0.2, -0.15) is 0 Å². The Kier molecular flexibility index (Phi) is 4.68. The number of aryl methyl sites for hydroxylation is 1. The minimum Gasteiger partial charge on any atom is -0.399 e. The number of nitrogens with zero attached hydrogens (tertiary/aromatic N) is 1. The molecule has 23 heavy (non-hydrogen) atoms. The maximum atomic E-state index is 12.9. The highest BCUT2D eigenvalue weighted by atomic mass is 32.1. The predicted octanol–water partition coefficient (Wildman–Crippen LogP) is 3.37. The quantitative estimate of drug-likeness (QED) is 0.845. The van der Waals surface area contributed by atoms with Crippen molar-refractivity contribution in [3.05, 3.63) is 51.7 Å². The highest BCUT2D eigenvalue weighted by Crippen LogP contribution is 2.31. The summed E-state index contributed by atoms with van der Waals surface area (Å²) in [6, 6.07) is 9.42. The van der Waals surface area contributed by atoms with E-state index >= 15 is 0 Å². The molecule has 0 radical (unpaired) electrons. The van der Waals surface area contributed by atoms with Gasteiger partial charge in [0.2, 0.25) is 0 Å². The first-order valence-electron chi connectivity index (χ1n) is 7.95. The molecule has 3 N–H and O–H groups in total. The van der Waals surface area contributed by atoms with Gasteiger partial charge in [0.05, 0.1) is 6.10 Å². The van der Waals surface area contributed by atoms with Crippen molar-refractivity contribution in [1.82, 2.24) is 4.90 Å². The zero-order chi connectivity index (χ0) is 16.4. The number of aliphatic hydroxyl groups is 1. The molecule has 1 aliphatic rings. The molecular formula is C18H22N2O2S. The van der Waals surface area contributed by atoms with E-state index in [2.05, 4.69) is 0 Å². The van der Waals surface area contributed by atoms with Crippen molar-refractivity contribution in [2.45, 2.75) is 38.3 Å². The van der Waals surface area contributed by atoms with Crippen LogP contribution >= 0.6 is 11.3 Å². The van der Waals surface area contributed by atoms with Crippen molar-refractivity contribution >= 4 is 22.9 Å². The van der Waals surface area contributed by atoms with Crippen molar-refractivity contribution in [1.29, 1.82) is 0 Å². The molecule has 1 fully saturated rings. The second-order valence-electron chi connectivity index (χ2n) is 6.14. The highest BCUT2D eigenvalue weighted by Gasteiger charge is 2.32. The van der Waals surface area contributed by atoms with E-state index < -0.39 is 6.10 Å². The third-order valence-corrected chi connectivity index (χ3v) is 5.47. The van der Waals surface area contributed by atoms with Gasteiger partial charge in [-0.25, -0.2) is 0 Å². The summed E-state index contributed by atoms with van der Waals surface area (Å²) < 4.78 is 0. The third-order valence-electron chi connectivity index (χ3n) is 4.50. The summed E-state index contributed by atoms with van der Waals surface area (Å²) in [5.41, 5.74) is 8.05. The Morgan fingerprint density at radius 3 is 3.04 bits per heavy atom. The number of carbonyl (C=O) groups excluding carboxylic acids is 1. The van der Waals surface area contributed by atoms with Gasteiger partial charge in [-0.15, -0.1) is 11.3 Å². The van der Waals surface area contributed by atoms with Crippen LogP contribution < -0.4 is 5.73 Å². The summed E-state index contributed by atoms with van der Waals surface area (Å²) in [6.07, 6.45) is 2.01. The smallest absolute Gasteiger partial charge is 0.254 e. The van der Waals surface area contributed by atoms with Crippen molar-refractivity contribution in [2.75, 3.05) is 12.3 Å². The van der Waals surface area contributed by atoms with Crippen LogP contribution in [0.5, 0.6) is 0 Å². The number of likely N-dealkylation sites (tertiary alicyclic amines) is 1. The van der Waals surface area contributed by atoms with Crippen LogP contribution in [0.3, 0.4) is 0 Å². The van der Waals surface area contributed by atoms with Gasteiger partial charge in [0.1, 0.15) is 0 Å². The molecule has 0 saturated carbocycles. The molecular weight excluding hydrogens is 308 g/mol. The number of thiophene rings is 1. The van der Waals surface area contributed by atoms with Gasteiger partial charge in [-0.1, -0.05) is 12.1 Å². The molecule has 1 aromatic heterocycles. The number of aliphatic hydroxyl groups excluding tert-OH is 1. The van der Waals surface area contributed by atoms with Crippen molar-refractivity contribution in [2.24, 2.45) is 0 Å². The van der Waals surface area contributed by atoms with Crippen LogP contribution in [0.25, 0.3) is 0 Å². The topological polar surface area (TPSA) is 66.6 Å². The van der Waals surface area contributed by atoms with Crippen LogP contribution in [0, 0.1) is 6.92 Å². The molecule has 122 valence electrons. The third kappa shape index (κ3) is 3.41. The van der Waals surface area contributed by atoms with Crippen LogP contribution in [-0.4, -0.2) is 28.5 Å². The molecule has 5 heteroatoms. The van der Waals surface area contributed by atoms with Gasteiger partial charge in [0.15, 0.2) is 0 Å². The lowest BCUT2D eigenvalue weighted by Gasteiger charge is -2.27. The van der Waals surface area contributed by atoms with Crippen LogP contribution in [-0.2, 0) is 0 Å². The van der Waals surface area contributed by atoms with E-state index in [4.69, 9.17) is 5.73 Å². The van der Waals surface area contributed by atoms with Crippen LogP contribution in [0.15, 0.2) is 35.7 Å². The van der Waals surface area contributed by atoms with E-state index in [1.54, 1.807) is 17.4 Å². The number of anilines is 1. The lowest BCUT2D eigenvalue weighted by Crippen LogP contribution is -2.36. The van der Waals surface area contributed by atoms with E-state index in [0.29, 0.717) is 17.7 Å². The zero-order valence-corrected chi connectivity index (χ0v) is 14.1. The molecule has 2 unspecified atom stereocenters. The molecule has 1 aromatic carbocycles. The number of hydrogen-bond donors (Lipinski definition) is 2. The second kappa shape index (κ2) is 6.72. The number of nitrogen functional groups attached to an aromatic ring is 1. The number of rotatable bonds is 4. The summed E-state index contributed by atoms with van der Waals surface area (Å²) in [4.78, 5) is 15.8. The van der Waals surface area contributed by atoms with E-state index in [0.717, 1.165) is 29.8 Å². The molecule has 4 nitrogen and oxygen atoms in total. The first-order valence-corrected chi connectivity index (χ1v) is 8.83. The van der Waals surface area contributed by atoms with E-state index in [9.17, 15) is 9.90 Å².